The summed E-state index contributed by atoms with van der Waals surface area (Å²) in [7, 11) is 0. The molecular formula is C38H59NO8. The van der Waals surface area contributed by atoms with E-state index in [4.69, 9.17) is 0 Å². The normalized spacial score (nSPS) is 19.8. The number of carbonyl (C=O) groups is 5. The number of carbonyl (C=O) groups excluding carboxylic acids is 5. The van der Waals surface area contributed by atoms with Gasteiger partial charge in [-0.25, -0.2) is 0 Å². The first kappa shape index (κ1) is 42.0. The Labute approximate surface area is 281 Å². The topological polar surface area (TPSA) is 149 Å². The van der Waals surface area contributed by atoms with Gasteiger partial charge in [-0.1, -0.05) is 82.6 Å². The lowest BCUT2D eigenvalue weighted by Gasteiger charge is -2.34. The molecule has 3 N–H and O–H groups in total. The highest BCUT2D eigenvalue weighted by Crippen LogP contribution is 2.25. The van der Waals surface area contributed by atoms with Crippen LogP contribution in [0.3, 0.4) is 0 Å². The van der Waals surface area contributed by atoms with Crippen molar-refractivity contribution in [1.82, 2.24) is 4.90 Å². The van der Waals surface area contributed by atoms with Crippen LogP contribution >= 0.6 is 0 Å². The summed E-state index contributed by atoms with van der Waals surface area (Å²) in [5, 5.41) is 31.4. The number of aliphatic hydroxyl groups excluding tert-OH is 1. The largest absolute Gasteiger partial charge is 0.388 e. The van der Waals surface area contributed by atoms with Crippen LogP contribution in [0.4, 0.5) is 0 Å². The number of ketones is 3. The molecule has 9 heteroatoms. The van der Waals surface area contributed by atoms with Crippen molar-refractivity contribution >= 4 is 29.5 Å². The predicted octanol–water partition coefficient (Wildman–Crippen LogP) is 5.62. The van der Waals surface area contributed by atoms with Crippen LogP contribution in [-0.4, -0.2) is 74.2 Å². The van der Waals surface area contributed by atoms with Gasteiger partial charge in [-0.15, -0.1) is 0 Å². The molecule has 1 amide bonds. The molecule has 264 valence electrons. The molecule has 1 fully saturated rings. The molecule has 9 nitrogen and oxygen atoms in total. The third-order valence-electron chi connectivity index (χ3n) is 9.28. The van der Waals surface area contributed by atoms with Gasteiger partial charge in [0, 0.05) is 30.7 Å². The fourth-order valence-electron chi connectivity index (χ4n) is 5.66. The Morgan fingerprint density at radius 3 is 2.26 bits per heavy atom. The lowest BCUT2D eigenvalue weighted by Crippen LogP contribution is -2.56. The van der Waals surface area contributed by atoms with Crippen LogP contribution in [0.15, 0.2) is 47.6 Å². The van der Waals surface area contributed by atoms with Gasteiger partial charge in [0.15, 0.2) is 0 Å². The molecule has 1 rings (SSSR count). The number of hydrogen-bond acceptors (Lipinski definition) is 8. The van der Waals surface area contributed by atoms with Crippen LogP contribution in [0.5, 0.6) is 0 Å². The predicted molar refractivity (Wildman–Crippen MR) is 184 cm³/mol. The molecule has 1 aliphatic heterocycles. The number of aldehydes is 1. The Balaban J connectivity index is 2.41. The van der Waals surface area contributed by atoms with Crippen molar-refractivity contribution in [2.24, 2.45) is 23.7 Å². The zero-order valence-electron chi connectivity index (χ0n) is 29.6. The zero-order chi connectivity index (χ0) is 35.7. The number of allylic oxidation sites excluding steroid dienone is 7. The van der Waals surface area contributed by atoms with Crippen LogP contribution < -0.4 is 0 Å². The van der Waals surface area contributed by atoms with Gasteiger partial charge in [0.25, 0.3) is 11.7 Å². The average molecular weight is 658 g/mol. The molecule has 1 saturated heterocycles. The third-order valence-corrected chi connectivity index (χ3v) is 9.28. The summed E-state index contributed by atoms with van der Waals surface area (Å²) >= 11 is 0. The summed E-state index contributed by atoms with van der Waals surface area (Å²) in [6.07, 6.45) is 17.7. The van der Waals surface area contributed by atoms with Crippen LogP contribution in [0, 0.1) is 23.7 Å². The maximum absolute atomic E-state index is 12.6. The summed E-state index contributed by atoms with van der Waals surface area (Å²) in [5.74, 6) is -6.14. The number of unbranched alkanes of at least 4 members (excludes halogenated alkanes) is 2. The number of Topliss-reactive ketones (excluding diaryl/α,β-unsaturated/α-hetero) is 3. The second-order valence-electron chi connectivity index (χ2n) is 13.6. The van der Waals surface area contributed by atoms with Gasteiger partial charge >= 0.3 is 0 Å². The molecule has 0 aromatic carbocycles. The number of hydrogen-bond donors (Lipinski definition) is 3. The molecule has 0 aromatic heterocycles. The molecular weight excluding hydrogens is 598 g/mol. The average Bonchev–Trinajstić information content (AvgIpc) is 3.03. The van der Waals surface area contributed by atoms with Gasteiger partial charge < -0.3 is 25.0 Å². The van der Waals surface area contributed by atoms with E-state index in [-0.39, 0.29) is 42.3 Å². The van der Waals surface area contributed by atoms with Crippen LogP contribution in [0.1, 0.15) is 113 Å². The number of aliphatic hydroxyl groups is 3. The summed E-state index contributed by atoms with van der Waals surface area (Å²) in [4.78, 5) is 61.8. The van der Waals surface area contributed by atoms with E-state index in [9.17, 15) is 39.3 Å². The second kappa shape index (κ2) is 21.1. The molecule has 1 heterocycles. The van der Waals surface area contributed by atoms with E-state index in [0.29, 0.717) is 44.0 Å². The van der Waals surface area contributed by atoms with E-state index in [0.717, 1.165) is 30.6 Å². The Hall–Kier alpha value is -3.01. The number of piperidine rings is 1. The minimum absolute atomic E-state index is 0.00167. The monoisotopic (exact) mass is 657 g/mol. The molecule has 0 bridgehead atoms. The fourth-order valence-corrected chi connectivity index (χ4v) is 5.66. The van der Waals surface area contributed by atoms with E-state index < -0.39 is 35.5 Å². The van der Waals surface area contributed by atoms with Crippen molar-refractivity contribution in [2.75, 3.05) is 6.54 Å². The quantitative estimate of drug-likeness (QED) is 0.0360. The lowest BCUT2D eigenvalue weighted by atomic mass is 9.89. The first-order valence-corrected chi connectivity index (χ1v) is 17.2. The zero-order valence-corrected chi connectivity index (χ0v) is 29.6. The Kier molecular flexibility index (Phi) is 18.8. The van der Waals surface area contributed by atoms with Gasteiger partial charge in [-0.2, -0.15) is 0 Å². The molecule has 47 heavy (non-hydrogen) atoms. The fraction of sp³-hybridized carbons (Fsp3) is 0.658. The number of amides is 1. The van der Waals surface area contributed by atoms with Crippen molar-refractivity contribution in [3.63, 3.8) is 0 Å². The molecule has 1 aliphatic rings. The molecule has 6 atom stereocenters. The SMILES string of the molecule is CC(=O)[C@H](C)/C=C(\C)C(O)CC(=O)C(C)C[C@H](C)/C=C/C=C/C=C(\C)CCCCCC(C)C(O)(O)C(=O)C(=O)N1CCCCC1C=O. The summed E-state index contributed by atoms with van der Waals surface area (Å²) in [6.45, 7) is 12.8. The Bertz CT molecular complexity index is 1180. The van der Waals surface area contributed by atoms with E-state index >= 15 is 0 Å². The van der Waals surface area contributed by atoms with Crippen LogP contribution in [0.2, 0.25) is 0 Å². The minimum Gasteiger partial charge on any atom is -0.388 e. The van der Waals surface area contributed by atoms with Crippen molar-refractivity contribution in [3.8, 4) is 0 Å². The molecule has 0 aliphatic carbocycles. The van der Waals surface area contributed by atoms with Gasteiger partial charge in [0.05, 0.1) is 12.1 Å². The molecule has 0 spiro atoms. The van der Waals surface area contributed by atoms with Gasteiger partial charge in [-0.05, 0) is 77.2 Å². The molecule has 0 aromatic rings. The Morgan fingerprint density at radius 1 is 0.936 bits per heavy atom. The summed E-state index contributed by atoms with van der Waals surface area (Å²) in [5.41, 5.74) is 1.84. The van der Waals surface area contributed by atoms with Crippen LogP contribution in [0.25, 0.3) is 0 Å². The molecule has 4 unspecified atom stereocenters. The highest BCUT2D eigenvalue weighted by atomic mass is 16.5. The van der Waals surface area contributed by atoms with E-state index in [1.165, 1.54) is 12.5 Å². The summed E-state index contributed by atoms with van der Waals surface area (Å²) < 4.78 is 0. The maximum atomic E-state index is 12.6. The third kappa shape index (κ3) is 14.7. The Morgan fingerprint density at radius 2 is 1.62 bits per heavy atom. The minimum atomic E-state index is -2.77. The standard InChI is InChI=1S/C38H59NO8/c1-26(16-10-8-12-18-27(2)22-29(4)34(42)24-35(43)30(5)23-28(3)32(7)41)17-11-9-13-19-31(6)38(46,47)36(44)37(45)39-21-15-14-20-33(39)25-40/h8,10,12,16,18,23,25,27-29,31,33,35,43,46-47H,9,11,13-15,17,19-22,24H2,1-7H3/b10-8+,18-12+,26-16+,30-23+/t27-,28-,29?,31?,33?,35?/m1/s1. The first-order chi connectivity index (χ1) is 22.0. The number of rotatable bonds is 21. The van der Waals surface area contributed by atoms with Crippen molar-refractivity contribution in [2.45, 2.75) is 131 Å². The highest BCUT2D eigenvalue weighted by molar-refractivity contribution is 6.39. The summed E-state index contributed by atoms with van der Waals surface area (Å²) in [6, 6.07) is -0.696. The number of nitrogens with zero attached hydrogens (tertiary/aromatic N) is 1. The smallest absolute Gasteiger partial charge is 0.296 e. The van der Waals surface area contributed by atoms with E-state index in [1.54, 1.807) is 26.8 Å². The van der Waals surface area contributed by atoms with Crippen molar-refractivity contribution in [3.05, 3.63) is 47.6 Å². The highest BCUT2D eigenvalue weighted by Gasteiger charge is 2.45. The number of likely N-dealkylation sites (tertiary alicyclic amines) is 1. The lowest BCUT2D eigenvalue weighted by molar-refractivity contribution is -0.205. The van der Waals surface area contributed by atoms with Gasteiger partial charge in [-0.3, -0.25) is 19.2 Å². The first-order valence-electron chi connectivity index (χ1n) is 17.2. The van der Waals surface area contributed by atoms with E-state index in [2.05, 4.69) is 13.0 Å². The van der Waals surface area contributed by atoms with Crippen molar-refractivity contribution in [1.29, 1.82) is 0 Å². The van der Waals surface area contributed by atoms with E-state index in [1.807, 2.05) is 38.2 Å². The molecule has 0 radical (unpaired) electrons. The van der Waals surface area contributed by atoms with Gasteiger partial charge in [0.1, 0.15) is 17.9 Å². The van der Waals surface area contributed by atoms with Gasteiger partial charge in [0.2, 0.25) is 5.79 Å². The van der Waals surface area contributed by atoms with Crippen molar-refractivity contribution < 1.29 is 39.3 Å². The maximum Gasteiger partial charge on any atom is 0.296 e. The second-order valence-corrected chi connectivity index (χ2v) is 13.6. The van der Waals surface area contributed by atoms with Crippen LogP contribution in [-0.2, 0) is 24.0 Å². The molecule has 0 saturated carbocycles.